The number of benzene rings is 1. The van der Waals surface area contributed by atoms with Crippen molar-refractivity contribution in [2.75, 3.05) is 6.61 Å². The van der Waals surface area contributed by atoms with Gasteiger partial charge in [0.05, 0.1) is 17.7 Å². The van der Waals surface area contributed by atoms with E-state index in [9.17, 15) is 15.2 Å². The molecule has 0 bridgehead atoms. The van der Waals surface area contributed by atoms with Gasteiger partial charge in [-0.25, -0.2) is 0 Å². The SMILES string of the molecule is CC1(C)Oc2ccc(C#N)cc2C(n2ccc(CCO[Si](C)(C)C(C)(C)C)cc2=O)C1O. The first-order valence-corrected chi connectivity index (χ1v) is 13.9. The topological polar surface area (TPSA) is 84.5 Å². The van der Waals surface area contributed by atoms with Crippen molar-refractivity contribution in [3.63, 3.8) is 0 Å². The Kier molecular flexibility index (Phi) is 6.45. The number of rotatable bonds is 5. The van der Waals surface area contributed by atoms with Crippen LogP contribution in [-0.4, -0.2) is 36.3 Å². The molecule has 3 rings (SSSR count). The molecule has 2 atom stereocenters. The van der Waals surface area contributed by atoms with Crippen molar-refractivity contribution >= 4 is 8.32 Å². The molecule has 2 unspecified atom stereocenters. The number of nitriles is 1. The van der Waals surface area contributed by atoms with Gasteiger partial charge in [0.2, 0.25) is 0 Å². The molecule has 2 aromatic rings. The van der Waals surface area contributed by atoms with Gasteiger partial charge in [0, 0.05) is 24.4 Å². The van der Waals surface area contributed by atoms with E-state index >= 15 is 0 Å². The maximum atomic E-state index is 13.1. The van der Waals surface area contributed by atoms with Gasteiger partial charge in [0.1, 0.15) is 17.5 Å². The zero-order valence-corrected chi connectivity index (χ0v) is 21.1. The summed E-state index contributed by atoms with van der Waals surface area (Å²) in [5, 5.41) is 20.5. The number of aromatic nitrogens is 1. The fraction of sp³-hybridized carbons (Fsp3) is 0.520. The minimum Gasteiger partial charge on any atom is -0.485 e. The van der Waals surface area contributed by atoms with Gasteiger partial charge in [-0.3, -0.25) is 4.79 Å². The van der Waals surface area contributed by atoms with Crippen LogP contribution in [0.5, 0.6) is 5.75 Å². The number of aliphatic hydroxyl groups excluding tert-OH is 1. The van der Waals surface area contributed by atoms with E-state index in [0.29, 0.717) is 29.9 Å². The molecular formula is C25H34N2O4Si. The van der Waals surface area contributed by atoms with Crippen molar-refractivity contribution < 1.29 is 14.3 Å². The highest BCUT2D eigenvalue weighted by Crippen LogP contribution is 2.42. The summed E-state index contributed by atoms with van der Waals surface area (Å²) >= 11 is 0. The Morgan fingerprint density at radius 1 is 1.25 bits per heavy atom. The van der Waals surface area contributed by atoms with Crippen molar-refractivity contribution in [1.29, 1.82) is 5.26 Å². The molecule has 0 saturated carbocycles. The number of fused-ring (bicyclic) bond motifs is 1. The number of hydrogen-bond acceptors (Lipinski definition) is 5. The van der Waals surface area contributed by atoms with Crippen LogP contribution in [-0.2, 0) is 10.8 Å². The number of aliphatic hydroxyl groups is 1. The zero-order chi connectivity index (χ0) is 23.9. The van der Waals surface area contributed by atoms with Crippen LogP contribution in [0.1, 0.15) is 57.4 Å². The van der Waals surface area contributed by atoms with Crippen LogP contribution >= 0.6 is 0 Å². The molecule has 1 aliphatic rings. The third-order valence-electron chi connectivity index (χ3n) is 6.81. The van der Waals surface area contributed by atoms with Crippen LogP contribution < -0.4 is 10.3 Å². The number of pyridine rings is 1. The standard InChI is InChI=1S/C25H34N2O4Si/c1-24(2,3)32(6,7)30-13-11-17-10-12-27(21(28)15-17)22-19-14-18(16-26)8-9-20(19)31-25(4,5)23(22)29/h8-10,12,14-15,22-23,29H,11,13H2,1-7H3. The summed E-state index contributed by atoms with van der Waals surface area (Å²) in [5.74, 6) is 0.572. The maximum absolute atomic E-state index is 13.1. The molecule has 172 valence electrons. The molecule has 0 saturated heterocycles. The maximum Gasteiger partial charge on any atom is 0.251 e. The first-order valence-electron chi connectivity index (χ1n) is 11.0. The van der Waals surface area contributed by atoms with Crippen LogP contribution in [0.25, 0.3) is 0 Å². The summed E-state index contributed by atoms with van der Waals surface area (Å²) in [6.45, 7) is 15.2. The molecule has 6 nitrogen and oxygen atoms in total. The first-order chi connectivity index (χ1) is 14.8. The van der Waals surface area contributed by atoms with E-state index < -0.39 is 26.1 Å². The van der Waals surface area contributed by atoms with Crippen molar-refractivity contribution in [1.82, 2.24) is 4.57 Å². The second kappa shape index (κ2) is 8.51. The van der Waals surface area contributed by atoms with Gasteiger partial charge in [-0.05, 0) is 68.2 Å². The third kappa shape index (κ3) is 4.68. The lowest BCUT2D eigenvalue weighted by atomic mass is 9.85. The molecule has 7 heteroatoms. The smallest absolute Gasteiger partial charge is 0.251 e. The Hall–Kier alpha value is -2.40. The normalized spacial score (nSPS) is 20.2. The summed E-state index contributed by atoms with van der Waals surface area (Å²) in [6, 6.07) is 10.1. The molecule has 0 amide bonds. The lowest BCUT2D eigenvalue weighted by molar-refractivity contribution is -0.0642. The van der Waals surface area contributed by atoms with Crippen LogP contribution in [0.2, 0.25) is 18.1 Å². The largest absolute Gasteiger partial charge is 0.485 e. The minimum atomic E-state index is -1.84. The van der Waals surface area contributed by atoms with Crippen molar-refractivity contribution in [2.45, 2.75) is 76.9 Å². The van der Waals surface area contributed by atoms with Gasteiger partial charge in [-0.2, -0.15) is 5.26 Å². The average molecular weight is 455 g/mol. The summed E-state index contributed by atoms with van der Waals surface area (Å²) in [4.78, 5) is 13.1. The van der Waals surface area contributed by atoms with E-state index in [1.165, 1.54) is 4.57 Å². The second-order valence-electron chi connectivity index (χ2n) is 10.6. The molecule has 32 heavy (non-hydrogen) atoms. The minimum absolute atomic E-state index is 0.137. The molecular weight excluding hydrogens is 420 g/mol. The fourth-order valence-electron chi connectivity index (χ4n) is 3.69. The van der Waals surface area contributed by atoms with Crippen LogP contribution in [0.4, 0.5) is 0 Å². The fourth-order valence-corrected chi connectivity index (χ4v) is 4.74. The van der Waals surface area contributed by atoms with Gasteiger partial charge in [0.25, 0.3) is 5.56 Å². The van der Waals surface area contributed by atoms with Gasteiger partial charge >= 0.3 is 0 Å². The van der Waals surface area contributed by atoms with Crippen molar-refractivity contribution in [3.05, 3.63) is 63.6 Å². The van der Waals surface area contributed by atoms with Gasteiger partial charge in [0.15, 0.2) is 8.32 Å². The molecule has 1 N–H and O–H groups in total. The number of nitrogens with zero attached hydrogens (tertiary/aromatic N) is 2. The highest BCUT2D eigenvalue weighted by atomic mass is 28.4. The highest BCUT2D eigenvalue weighted by Gasteiger charge is 2.44. The van der Waals surface area contributed by atoms with E-state index in [0.717, 1.165) is 5.56 Å². The summed E-state index contributed by atoms with van der Waals surface area (Å²) < 4.78 is 13.7. The van der Waals surface area contributed by atoms with Crippen molar-refractivity contribution in [2.24, 2.45) is 0 Å². The van der Waals surface area contributed by atoms with Gasteiger partial charge in [-0.1, -0.05) is 20.8 Å². The summed E-state index contributed by atoms with van der Waals surface area (Å²) in [6.07, 6.45) is 1.41. The predicted molar refractivity (Wildman–Crippen MR) is 128 cm³/mol. The lowest BCUT2D eigenvalue weighted by Gasteiger charge is -2.42. The molecule has 0 spiro atoms. The molecule has 1 aliphatic heterocycles. The molecule has 1 aromatic heterocycles. The zero-order valence-electron chi connectivity index (χ0n) is 20.1. The Bertz CT molecular complexity index is 1090. The Morgan fingerprint density at radius 2 is 1.94 bits per heavy atom. The monoisotopic (exact) mass is 454 g/mol. The number of hydrogen-bond donors (Lipinski definition) is 1. The summed E-state index contributed by atoms with van der Waals surface area (Å²) in [7, 11) is -1.84. The van der Waals surface area contributed by atoms with E-state index in [1.807, 2.05) is 6.07 Å². The second-order valence-corrected chi connectivity index (χ2v) is 15.4. The van der Waals surface area contributed by atoms with Crippen LogP contribution in [0.3, 0.4) is 0 Å². The molecule has 0 radical (unpaired) electrons. The van der Waals surface area contributed by atoms with Gasteiger partial charge in [-0.15, -0.1) is 0 Å². The lowest BCUT2D eigenvalue weighted by Crippen LogP contribution is -2.52. The molecule has 2 heterocycles. The van der Waals surface area contributed by atoms with Crippen molar-refractivity contribution in [3.8, 4) is 11.8 Å². The summed E-state index contributed by atoms with van der Waals surface area (Å²) in [5.41, 5.74) is 0.895. The average Bonchev–Trinajstić information content (AvgIpc) is 2.68. The highest BCUT2D eigenvalue weighted by molar-refractivity contribution is 6.74. The predicted octanol–water partition coefficient (Wildman–Crippen LogP) is 4.41. The Balaban J connectivity index is 1.89. The third-order valence-corrected chi connectivity index (χ3v) is 11.4. The Labute approximate surface area is 191 Å². The van der Waals surface area contributed by atoms with E-state index in [2.05, 4.69) is 39.9 Å². The van der Waals surface area contributed by atoms with Crippen LogP contribution in [0.15, 0.2) is 41.3 Å². The molecule has 0 fully saturated rings. The molecule has 0 aliphatic carbocycles. The van der Waals surface area contributed by atoms with Gasteiger partial charge < -0.3 is 18.8 Å². The first kappa shape index (κ1) is 24.2. The van der Waals surface area contributed by atoms with Crippen LogP contribution in [0, 0.1) is 11.3 Å². The van der Waals surface area contributed by atoms with E-state index in [4.69, 9.17) is 9.16 Å². The molecule has 1 aromatic carbocycles. The Morgan fingerprint density at radius 3 is 2.53 bits per heavy atom. The van der Waals surface area contributed by atoms with E-state index in [-0.39, 0.29) is 10.6 Å². The van der Waals surface area contributed by atoms with E-state index in [1.54, 1.807) is 44.3 Å². The quantitative estimate of drug-likeness (QED) is 0.677. The number of ether oxygens (including phenoxy) is 1.